The highest BCUT2D eigenvalue weighted by molar-refractivity contribution is 7.89. The fourth-order valence-electron chi connectivity index (χ4n) is 1.71. The lowest BCUT2D eigenvalue weighted by Crippen LogP contribution is -2.27. The number of halogens is 2. The summed E-state index contributed by atoms with van der Waals surface area (Å²) in [6.07, 6.45) is 0. The lowest BCUT2D eigenvalue weighted by Gasteiger charge is -2.17. The number of hydrogen-bond acceptors (Lipinski definition) is 3. The lowest BCUT2D eigenvalue weighted by atomic mass is 10.3. The van der Waals surface area contributed by atoms with E-state index < -0.39 is 26.6 Å². The Bertz CT molecular complexity index is 726. The highest BCUT2D eigenvalue weighted by Crippen LogP contribution is 2.23. The molecule has 0 amide bonds. The van der Waals surface area contributed by atoms with E-state index in [1.807, 2.05) is 18.4 Å². The minimum Gasteiger partial charge on any atom is -0.207 e. The molecule has 1 aromatic carbocycles. The molecule has 0 aliphatic heterocycles. The second-order valence-electron chi connectivity index (χ2n) is 4.36. The molecule has 0 atom stereocenters. The molecule has 2 aromatic rings. The van der Waals surface area contributed by atoms with Crippen molar-refractivity contribution in [2.24, 2.45) is 0 Å². The zero-order valence-corrected chi connectivity index (χ0v) is 12.6. The topological polar surface area (TPSA) is 37.4 Å². The van der Waals surface area contributed by atoms with Gasteiger partial charge in [0.25, 0.3) is 0 Å². The van der Waals surface area contributed by atoms with Crippen molar-refractivity contribution in [3.8, 4) is 0 Å². The van der Waals surface area contributed by atoms with E-state index in [-0.39, 0.29) is 6.54 Å². The molecule has 3 nitrogen and oxygen atoms in total. The summed E-state index contributed by atoms with van der Waals surface area (Å²) < 4.78 is 52.1. The summed E-state index contributed by atoms with van der Waals surface area (Å²) in [5, 5.41) is 1.86. The number of hydrogen-bond donors (Lipinski definition) is 0. The maximum absolute atomic E-state index is 13.6. The second kappa shape index (κ2) is 5.59. The minimum absolute atomic E-state index is 0.155. The Labute approximate surface area is 120 Å². The third-order valence-electron chi connectivity index (χ3n) is 2.92. The van der Waals surface area contributed by atoms with Gasteiger partial charge in [0.05, 0.1) is 0 Å². The van der Waals surface area contributed by atoms with E-state index in [1.54, 1.807) is 0 Å². The third-order valence-corrected chi connectivity index (χ3v) is 5.76. The first-order valence-electron chi connectivity index (χ1n) is 5.76. The largest absolute Gasteiger partial charge is 0.246 e. The van der Waals surface area contributed by atoms with Gasteiger partial charge < -0.3 is 0 Å². The molecule has 0 unspecified atom stereocenters. The molecule has 0 saturated carbocycles. The van der Waals surface area contributed by atoms with Crippen LogP contribution in [-0.2, 0) is 16.6 Å². The zero-order valence-electron chi connectivity index (χ0n) is 10.9. The fourth-order valence-corrected chi connectivity index (χ4v) is 3.93. The van der Waals surface area contributed by atoms with Crippen LogP contribution in [0, 0.1) is 18.6 Å². The smallest absolute Gasteiger partial charge is 0.207 e. The molecule has 0 fully saturated rings. The number of benzene rings is 1. The third kappa shape index (κ3) is 2.89. The van der Waals surface area contributed by atoms with Crippen LogP contribution in [0.5, 0.6) is 0 Å². The highest BCUT2D eigenvalue weighted by atomic mass is 32.2. The minimum atomic E-state index is -3.98. The van der Waals surface area contributed by atoms with Crippen LogP contribution in [0.3, 0.4) is 0 Å². The van der Waals surface area contributed by atoms with Crippen LogP contribution < -0.4 is 0 Å². The molecule has 0 bridgehead atoms. The van der Waals surface area contributed by atoms with Crippen molar-refractivity contribution in [2.75, 3.05) is 7.05 Å². The summed E-state index contributed by atoms with van der Waals surface area (Å²) >= 11 is 1.44. The summed E-state index contributed by atoms with van der Waals surface area (Å²) in [5.41, 5.74) is 0.983. The van der Waals surface area contributed by atoms with Crippen LogP contribution in [0.2, 0.25) is 0 Å². The van der Waals surface area contributed by atoms with Gasteiger partial charge in [-0.2, -0.15) is 4.31 Å². The Hall–Kier alpha value is -1.31. The van der Waals surface area contributed by atoms with E-state index in [0.29, 0.717) is 6.07 Å². The zero-order chi connectivity index (χ0) is 14.9. The summed E-state index contributed by atoms with van der Waals surface area (Å²) in [6.45, 7) is 2.04. The Balaban J connectivity index is 2.32. The molecule has 0 saturated heterocycles. The summed E-state index contributed by atoms with van der Waals surface area (Å²) in [7, 11) is -2.61. The van der Waals surface area contributed by atoms with Crippen molar-refractivity contribution in [3.63, 3.8) is 0 Å². The lowest BCUT2D eigenvalue weighted by molar-refractivity contribution is 0.460. The van der Waals surface area contributed by atoms with Crippen molar-refractivity contribution in [1.82, 2.24) is 4.31 Å². The Morgan fingerprint density at radius 1 is 1.25 bits per heavy atom. The van der Waals surface area contributed by atoms with Crippen LogP contribution in [0.15, 0.2) is 34.5 Å². The van der Waals surface area contributed by atoms with Gasteiger partial charge in [-0.05, 0) is 36.1 Å². The van der Waals surface area contributed by atoms with Gasteiger partial charge in [0.1, 0.15) is 16.5 Å². The molecule has 0 aliphatic rings. The molecule has 0 N–H and O–H groups in total. The van der Waals surface area contributed by atoms with Gasteiger partial charge >= 0.3 is 0 Å². The van der Waals surface area contributed by atoms with Gasteiger partial charge in [0.2, 0.25) is 10.0 Å². The quantitative estimate of drug-likeness (QED) is 0.868. The number of aryl methyl sites for hydroxylation is 1. The van der Waals surface area contributed by atoms with Crippen LogP contribution in [-0.4, -0.2) is 19.8 Å². The van der Waals surface area contributed by atoms with E-state index >= 15 is 0 Å². The fraction of sp³-hybridized carbons (Fsp3) is 0.231. The van der Waals surface area contributed by atoms with Gasteiger partial charge in [-0.25, -0.2) is 17.2 Å². The summed E-state index contributed by atoms with van der Waals surface area (Å²) in [5.74, 6) is -1.89. The van der Waals surface area contributed by atoms with Crippen LogP contribution >= 0.6 is 11.3 Å². The first-order valence-corrected chi connectivity index (χ1v) is 8.08. The van der Waals surface area contributed by atoms with Crippen molar-refractivity contribution in [3.05, 3.63) is 51.7 Å². The van der Waals surface area contributed by atoms with Crippen molar-refractivity contribution in [1.29, 1.82) is 0 Å². The monoisotopic (exact) mass is 317 g/mol. The van der Waals surface area contributed by atoms with Gasteiger partial charge in [0.15, 0.2) is 0 Å². The van der Waals surface area contributed by atoms with E-state index in [0.717, 1.165) is 26.9 Å². The first-order chi connectivity index (χ1) is 9.32. The molecule has 108 valence electrons. The van der Waals surface area contributed by atoms with Gasteiger partial charge in [-0.15, -0.1) is 11.3 Å². The van der Waals surface area contributed by atoms with Crippen LogP contribution in [0.25, 0.3) is 0 Å². The number of rotatable bonds is 4. The van der Waals surface area contributed by atoms with E-state index in [4.69, 9.17) is 0 Å². The molecule has 0 aliphatic carbocycles. The van der Waals surface area contributed by atoms with Gasteiger partial charge in [-0.3, -0.25) is 0 Å². The highest BCUT2D eigenvalue weighted by Gasteiger charge is 2.25. The molecular formula is C13H13F2NO2S2. The van der Waals surface area contributed by atoms with Crippen molar-refractivity contribution in [2.45, 2.75) is 18.4 Å². The Morgan fingerprint density at radius 2 is 1.95 bits per heavy atom. The Morgan fingerprint density at radius 3 is 2.50 bits per heavy atom. The average Bonchev–Trinajstić information content (AvgIpc) is 2.74. The molecule has 1 aromatic heterocycles. The predicted molar refractivity (Wildman–Crippen MR) is 74.1 cm³/mol. The van der Waals surface area contributed by atoms with Crippen LogP contribution in [0.4, 0.5) is 8.78 Å². The molecular weight excluding hydrogens is 304 g/mol. The standard InChI is InChI=1S/C13H13F2NO2S2/c1-9-5-6-19-12(9)8-16(2)20(17,18)13-4-3-10(14)7-11(13)15/h3-7H,8H2,1-2H3. The maximum atomic E-state index is 13.6. The Kier molecular flexibility index (Phi) is 4.22. The van der Waals surface area contributed by atoms with Crippen LogP contribution in [0.1, 0.15) is 10.4 Å². The normalized spacial score (nSPS) is 12.1. The summed E-state index contributed by atoms with van der Waals surface area (Å²) in [4.78, 5) is 0.370. The molecule has 20 heavy (non-hydrogen) atoms. The SMILES string of the molecule is Cc1ccsc1CN(C)S(=O)(=O)c1ccc(F)cc1F. The van der Waals surface area contributed by atoms with Gasteiger partial charge in [-0.1, -0.05) is 0 Å². The molecule has 1 heterocycles. The van der Waals surface area contributed by atoms with Gasteiger partial charge in [0, 0.05) is 24.5 Å². The number of nitrogens with zero attached hydrogens (tertiary/aromatic N) is 1. The second-order valence-corrected chi connectivity index (χ2v) is 7.38. The molecule has 0 radical (unpaired) electrons. The van der Waals surface area contributed by atoms with E-state index in [2.05, 4.69) is 0 Å². The molecule has 7 heteroatoms. The first kappa shape index (κ1) is 15.1. The van der Waals surface area contributed by atoms with Crippen molar-refractivity contribution >= 4 is 21.4 Å². The van der Waals surface area contributed by atoms with Crippen molar-refractivity contribution < 1.29 is 17.2 Å². The predicted octanol–water partition coefficient (Wildman–Crippen LogP) is 3.16. The van der Waals surface area contributed by atoms with E-state index in [1.165, 1.54) is 18.4 Å². The average molecular weight is 317 g/mol. The molecule has 2 rings (SSSR count). The number of sulfonamides is 1. The maximum Gasteiger partial charge on any atom is 0.246 e. The molecule has 0 spiro atoms. The summed E-state index contributed by atoms with van der Waals surface area (Å²) in [6, 6.07) is 4.33. The number of thiophene rings is 1. The van der Waals surface area contributed by atoms with E-state index in [9.17, 15) is 17.2 Å².